The van der Waals surface area contributed by atoms with Gasteiger partial charge in [-0.05, 0) is 51.2 Å². The van der Waals surface area contributed by atoms with Gasteiger partial charge in [0, 0.05) is 26.2 Å². The van der Waals surface area contributed by atoms with Crippen LogP contribution in [0.2, 0.25) is 0 Å². The van der Waals surface area contributed by atoms with Gasteiger partial charge in [-0.2, -0.15) is 0 Å². The van der Waals surface area contributed by atoms with Crippen molar-refractivity contribution in [1.29, 1.82) is 0 Å². The molecule has 0 bridgehead atoms. The number of hydrogen-bond donors (Lipinski definition) is 1. The first-order valence-electron chi connectivity index (χ1n) is 8.46. The van der Waals surface area contributed by atoms with Crippen LogP contribution < -0.4 is 5.32 Å². The highest BCUT2D eigenvalue weighted by Gasteiger charge is 2.29. The third-order valence-corrected chi connectivity index (χ3v) is 4.98. The Hall–Kier alpha value is -0.0300. The van der Waals surface area contributed by atoms with E-state index in [1.54, 1.807) is 0 Å². The second-order valence-corrected chi connectivity index (χ2v) is 6.30. The smallest absolute Gasteiger partial charge is 0.226 e. The molecule has 2 aliphatic rings. The number of amides is 1. The Morgan fingerprint density at radius 2 is 1.77 bits per heavy atom. The van der Waals surface area contributed by atoms with Crippen molar-refractivity contribution in [2.24, 2.45) is 11.8 Å². The number of carbonyl (C=O) groups is 1. The van der Waals surface area contributed by atoms with Gasteiger partial charge in [0.2, 0.25) is 5.91 Å². The molecular weight excluding hydrogens is 321 g/mol. The van der Waals surface area contributed by atoms with Crippen LogP contribution in [0.1, 0.15) is 39.5 Å². The van der Waals surface area contributed by atoms with Gasteiger partial charge in [-0.1, -0.05) is 13.8 Å². The summed E-state index contributed by atoms with van der Waals surface area (Å²) < 4.78 is 0. The topological polar surface area (TPSA) is 35.6 Å². The minimum absolute atomic E-state index is 0. The molecule has 0 aliphatic carbocycles. The Labute approximate surface area is 148 Å². The fourth-order valence-electron chi connectivity index (χ4n) is 3.50. The largest absolute Gasteiger partial charge is 0.342 e. The van der Waals surface area contributed by atoms with E-state index >= 15 is 0 Å². The molecule has 0 radical (unpaired) electrons. The molecular formula is C16H33Cl2N3O. The van der Waals surface area contributed by atoms with Gasteiger partial charge in [0.05, 0.1) is 5.92 Å². The Kier molecular flexibility index (Phi) is 11.5. The fourth-order valence-corrected chi connectivity index (χ4v) is 3.50. The van der Waals surface area contributed by atoms with Crippen molar-refractivity contribution >= 4 is 30.7 Å². The summed E-state index contributed by atoms with van der Waals surface area (Å²) in [7, 11) is 0. The lowest BCUT2D eigenvalue weighted by molar-refractivity contribution is -0.137. The Morgan fingerprint density at radius 3 is 2.27 bits per heavy atom. The number of piperidine rings is 2. The third kappa shape index (κ3) is 6.23. The van der Waals surface area contributed by atoms with E-state index in [4.69, 9.17) is 0 Å². The van der Waals surface area contributed by atoms with Crippen LogP contribution in [-0.2, 0) is 4.79 Å². The van der Waals surface area contributed by atoms with E-state index in [9.17, 15) is 4.79 Å². The highest BCUT2D eigenvalue weighted by atomic mass is 35.5. The highest BCUT2D eigenvalue weighted by molar-refractivity contribution is 5.85. The quantitative estimate of drug-likeness (QED) is 0.824. The molecule has 0 saturated carbocycles. The normalized spacial score (nSPS) is 22.9. The Morgan fingerprint density at radius 1 is 1.14 bits per heavy atom. The van der Waals surface area contributed by atoms with Crippen LogP contribution in [0, 0.1) is 11.8 Å². The van der Waals surface area contributed by atoms with Crippen LogP contribution in [0.3, 0.4) is 0 Å². The zero-order chi connectivity index (χ0) is 14.4. The zero-order valence-electron chi connectivity index (χ0n) is 14.1. The van der Waals surface area contributed by atoms with Crippen LogP contribution in [0.4, 0.5) is 0 Å². The number of likely N-dealkylation sites (tertiary alicyclic amines) is 1. The van der Waals surface area contributed by atoms with Crippen molar-refractivity contribution in [3.05, 3.63) is 0 Å². The van der Waals surface area contributed by atoms with E-state index in [2.05, 4.69) is 29.0 Å². The maximum absolute atomic E-state index is 12.5. The van der Waals surface area contributed by atoms with Gasteiger partial charge >= 0.3 is 0 Å². The summed E-state index contributed by atoms with van der Waals surface area (Å²) in [6.07, 6.45) is 4.59. The number of carbonyl (C=O) groups excluding carboxylic acids is 1. The van der Waals surface area contributed by atoms with Crippen LogP contribution in [0.15, 0.2) is 0 Å². The molecule has 1 atom stereocenters. The number of halogens is 2. The molecule has 1 N–H and O–H groups in total. The summed E-state index contributed by atoms with van der Waals surface area (Å²) in [5.41, 5.74) is 0. The molecule has 4 nitrogen and oxygen atoms in total. The van der Waals surface area contributed by atoms with E-state index < -0.39 is 0 Å². The molecule has 2 aliphatic heterocycles. The van der Waals surface area contributed by atoms with Crippen LogP contribution >= 0.6 is 24.8 Å². The second-order valence-electron chi connectivity index (χ2n) is 6.30. The minimum Gasteiger partial charge on any atom is -0.342 e. The van der Waals surface area contributed by atoms with Gasteiger partial charge in [-0.25, -0.2) is 0 Å². The standard InChI is InChI=1S/C16H31N3O.2ClH/c1-3-18(4-2)13-14-7-10-19(11-8-14)16(20)15-6-5-9-17-12-15;;/h14-15,17H,3-13H2,1-2H3;2*1H. The molecule has 1 unspecified atom stereocenters. The maximum atomic E-state index is 12.5. The molecule has 0 aromatic carbocycles. The molecule has 2 saturated heterocycles. The molecule has 6 heteroatoms. The highest BCUT2D eigenvalue weighted by Crippen LogP contribution is 2.21. The Bertz CT molecular complexity index is 300. The fraction of sp³-hybridized carbons (Fsp3) is 0.938. The van der Waals surface area contributed by atoms with Gasteiger partial charge in [0.15, 0.2) is 0 Å². The van der Waals surface area contributed by atoms with Gasteiger partial charge in [0.1, 0.15) is 0 Å². The monoisotopic (exact) mass is 353 g/mol. The second kappa shape index (κ2) is 11.5. The SMILES string of the molecule is CCN(CC)CC1CCN(C(=O)C2CCCNC2)CC1.Cl.Cl. The number of nitrogens with one attached hydrogen (secondary N) is 1. The van der Waals surface area contributed by atoms with E-state index in [1.165, 1.54) is 19.4 Å². The molecule has 2 rings (SSSR count). The maximum Gasteiger partial charge on any atom is 0.226 e. The molecule has 22 heavy (non-hydrogen) atoms. The predicted molar refractivity (Wildman–Crippen MR) is 97.2 cm³/mol. The van der Waals surface area contributed by atoms with Crippen LogP contribution in [0.25, 0.3) is 0 Å². The number of rotatable bonds is 5. The molecule has 0 spiro atoms. The lowest BCUT2D eigenvalue weighted by Crippen LogP contribution is -2.47. The van der Waals surface area contributed by atoms with Crippen LogP contribution in [0.5, 0.6) is 0 Å². The van der Waals surface area contributed by atoms with Gasteiger partial charge < -0.3 is 15.1 Å². The van der Waals surface area contributed by atoms with E-state index in [1.807, 2.05) is 0 Å². The van der Waals surface area contributed by atoms with Gasteiger partial charge in [-0.15, -0.1) is 24.8 Å². The average Bonchev–Trinajstić information content (AvgIpc) is 2.53. The van der Waals surface area contributed by atoms with Gasteiger partial charge in [-0.3, -0.25) is 4.79 Å². The first-order chi connectivity index (χ1) is 9.74. The summed E-state index contributed by atoms with van der Waals surface area (Å²) in [6, 6.07) is 0. The molecule has 2 fully saturated rings. The lowest BCUT2D eigenvalue weighted by Gasteiger charge is -2.36. The van der Waals surface area contributed by atoms with Crippen molar-refractivity contribution in [3.8, 4) is 0 Å². The number of hydrogen-bond acceptors (Lipinski definition) is 3. The Balaban J connectivity index is 0.00000220. The molecule has 132 valence electrons. The zero-order valence-corrected chi connectivity index (χ0v) is 15.7. The minimum atomic E-state index is 0. The summed E-state index contributed by atoms with van der Waals surface area (Å²) in [5.74, 6) is 1.42. The van der Waals surface area contributed by atoms with E-state index in [-0.39, 0.29) is 30.7 Å². The van der Waals surface area contributed by atoms with E-state index in [0.717, 1.165) is 58.0 Å². The summed E-state index contributed by atoms with van der Waals surface area (Å²) in [5, 5.41) is 3.35. The van der Waals surface area contributed by atoms with E-state index in [0.29, 0.717) is 5.91 Å². The molecule has 0 aromatic rings. The lowest BCUT2D eigenvalue weighted by atomic mass is 9.93. The summed E-state index contributed by atoms with van der Waals surface area (Å²) in [6.45, 7) is 11.9. The molecule has 1 amide bonds. The molecule has 0 aromatic heterocycles. The van der Waals surface area contributed by atoms with Crippen molar-refractivity contribution in [1.82, 2.24) is 15.1 Å². The van der Waals surface area contributed by atoms with Crippen molar-refractivity contribution < 1.29 is 4.79 Å². The first kappa shape index (κ1) is 22.0. The van der Waals surface area contributed by atoms with Crippen molar-refractivity contribution in [2.45, 2.75) is 39.5 Å². The van der Waals surface area contributed by atoms with Crippen molar-refractivity contribution in [2.75, 3.05) is 45.8 Å². The average molecular weight is 354 g/mol. The molecule has 2 heterocycles. The first-order valence-corrected chi connectivity index (χ1v) is 8.46. The summed E-state index contributed by atoms with van der Waals surface area (Å²) in [4.78, 5) is 17.1. The summed E-state index contributed by atoms with van der Waals surface area (Å²) >= 11 is 0. The van der Waals surface area contributed by atoms with Crippen molar-refractivity contribution in [3.63, 3.8) is 0 Å². The number of nitrogens with zero attached hydrogens (tertiary/aromatic N) is 2. The van der Waals surface area contributed by atoms with Crippen LogP contribution in [-0.4, -0.2) is 61.5 Å². The third-order valence-electron chi connectivity index (χ3n) is 4.98. The van der Waals surface area contributed by atoms with Gasteiger partial charge in [0.25, 0.3) is 0 Å². The predicted octanol–water partition coefficient (Wildman–Crippen LogP) is 2.41.